The van der Waals surface area contributed by atoms with Crippen LogP contribution in [-0.2, 0) is 4.79 Å². The number of carboxylic acid groups (broad SMARTS) is 1. The first-order valence-corrected chi connectivity index (χ1v) is 6.88. The molecule has 1 aliphatic rings. The van der Waals surface area contributed by atoms with E-state index in [9.17, 15) is 14.7 Å². The van der Waals surface area contributed by atoms with Crippen molar-refractivity contribution >= 4 is 11.9 Å². The second kappa shape index (κ2) is 6.50. The van der Waals surface area contributed by atoms with Gasteiger partial charge in [0.15, 0.2) is 5.60 Å². The van der Waals surface area contributed by atoms with Crippen LogP contribution in [0, 0.1) is 12.3 Å². The maximum atomic E-state index is 12.3. The van der Waals surface area contributed by atoms with Gasteiger partial charge in [-0.3, -0.25) is 4.79 Å². The molecule has 1 aromatic carbocycles. The predicted molar refractivity (Wildman–Crippen MR) is 78.5 cm³/mol. The third-order valence-electron chi connectivity index (χ3n) is 3.70. The molecule has 0 aromatic heterocycles. The number of hydrogen-bond donors (Lipinski definition) is 2. The number of amides is 1. The molecular weight excluding hydrogens is 286 g/mol. The first kappa shape index (κ1) is 15.9. The average molecular weight is 303 g/mol. The van der Waals surface area contributed by atoms with Gasteiger partial charge >= 0.3 is 5.97 Å². The average Bonchev–Trinajstić information content (AvgIpc) is 2.53. The molecule has 1 heterocycles. The van der Waals surface area contributed by atoms with Crippen LogP contribution >= 0.6 is 0 Å². The standard InChI is InChI=1S/C16H17NO5/c1-2-11-22-13-5-3-12(4-6-13)14(18)17-9-7-16(21,8-10-17)15(19)20/h1,3-6,21H,7-11H2,(H,19,20). The summed E-state index contributed by atoms with van der Waals surface area (Å²) < 4.78 is 5.23. The fourth-order valence-corrected chi connectivity index (χ4v) is 2.29. The van der Waals surface area contributed by atoms with Gasteiger partial charge in [0, 0.05) is 31.5 Å². The summed E-state index contributed by atoms with van der Waals surface area (Å²) in [5, 5.41) is 18.8. The van der Waals surface area contributed by atoms with Crippen molar-refractivity contribution in [2.75, 3.05) is 19.7 Å². The Balaban J connectivity index is 1.98. The Morgan fingerprint density at radius 2 is 1.86 bits per heavy atom. The van der Waals surface area contributed by atoms with Crippen molar-refractivity contribution in [1.82, 2.24) is 4.90 Å². The van der Waals surface area contributed by atoms with Gasteiger partial charge in [0.1, 0.15) is 12.4 Å². The number of terminal acetylenes is 1. The third kappa shape index (κ3) is 3.38. The quantitative estimate of drug-likeness (QED) is 0.802. The molecule has 0 saturated carbocycles. The molecule has 1 aliphatic heterocycles. The molecule has 0 atom stereocenters. The number of aliphatic hydroxyl groups is 1. The highest BCUT2D eigenvalue weighted by atomic mass is 16.5. The third-order valence-corrected chi connectivity index (χ3v) is 3.70. The number of nitrogens with zero attached hydrogens (tertiary/aromatic N) is 1. The Morgan fingerprint density at radius 1 is 1.27 bits per heavy atom. The molecule has 6 nitrogen and oxygen atoms in total. The van der Waals surface area contributed by atoms with Crippen LogP contribution in [0.5, 0.6) is 5.75 Å². The van der Waals surface area contributed by atoms with Gasteiger partial charge < -0.3 is 19.8 Å². The lowest BCUT2D eigenvalue weighted by Crippen LogP contribution is -2.50. The molecule has 0 unspecified atom stereocenters. The molecular formula is C16H17NO5. The summed E-state index contributed by atoms with van der Waals surface area (Å²) in [6, 6.07) is 6.57. The van der Waals surface area contributed by atoms with Gasteiger partial charge in [0.05, 0.1) is 0 Å². The minimum atomic E-state index is -1.73. The van der Waals surface area contributed by atoms with E-state index >= 15 is 0 Å². The molecule has 1 aromatic rings. The largest absolute Gasteiger partial charge is 0.481 e. The van der Waals surface area contributed by atoms with E-state index in [2.05, 4.69) is 5.92 Å². The number of carbonyl (C=O) groups excluding carboxylic acids is 1. The lowest BCUT2D eigenvalue weighted by molar-refractivity contribution is -0.162. The molecule has 0 bridgehead atoms. The molecule has 1 saturated heterocycles. The van der Waals surface area contributed by atoms with E-state index in [1.165, 1.54) is 4.90 Å². The summed E-state index contributed by atoms with van der Waals surface area (Å²) in [7, 11) is 0. The Morgan fingerprint density at radius 3 is 2.36 bits per heavy atom. The van der Waals surface area contributed by atoms with Crippen molar-refractivity contribution in [2.45, 2.75) is 18.4 Å². The highest BCUT2D eigenvalue weighted by Gasteiger charge is 2.40. The lowest BCUT2D eigenvalue weighted by Gasteiger charge is -2.35. The van der Waals surface area contributed by atoms with E-state index in [-0.39, 0.29) is 38.4 Å². The summed E-state index contributed by atoms with van der Waals surface area (Å²) in [6.07, 6.45) is 5.15. The molecule has 2 N–H and O–H groups in total. The van der Waals surface area contributed by atoms with Crippen molar-refractivity contribution in [3.8, 4) is 18.1 Å². The van der Waals surface area contributed by atoms with Crippen molar-refractivity contribution in [3.63, 3.8) is 0 Å². The Labute approximate surface area is 128 Å². The first-order valence-electron chi connectivity index (χ1n) is 6.88. The van der Waals surface area contributed by atoms with Gasteiger partial charge in [-0.15, -0.1) is 6.42 Å². The second-order valence-corrected chi connectivity index (χ2v) is 5.15. The minimum absolute atomic E-state index is 0.0252. The highest BCUT2D eigenvalue weighted by Crippen LogP contribution is 2.24. The van der Waals surface area contributed by atoms with E-state index < -0.39 is 11.6 Å². The first-order chi connectivity index (χ1) is 10.5. The normalized spacial score (nSPS) is 16.6. The van der Waals surface area contributed by atoms with E-state index in [0.29, 0.717) is 11.3 Å². The van der Waals surface area contributed by atoms with E-state index in [1.54, 1.807) is 24.3 Å². The van der Waals surface area contributed by atoms with Gasteiger partial charge in [-0.25, -0.2) is 4.79 Å². The molecule has 1 amide bonds. The highest BCUT2D eigenvalue weighted by molar-refractivity contribution is 5.94. The van der Waals surface area contributed by atoms with Gasteiger partial charge in [-0.2, -0.15) is 0 Å². The van der Waals surface area contributed by atoms with Crippen molar-refractivity contribution in [1.29, 1.82) is 0 Å². The number of carbonyl (C=O) groups is 2. The topological polar surface area (TPSA) is 87.1 Å². The van der Waals surface area contributed by atoms with E-state index in [4.69, 9.17) is 16.3 Å². The van der Waals surface area contributed by atoms with Crippen molar-refractivity contribution < 1.29 is 24.5 Å². The number of rotatable bonds is 4. The maximum absolute atomic E-state index is 12.3. The van der Waals surface area contributed by atoms with Gasteiger partial charge in [-0.1, -0.05) is 5.92 Å². The molecule has 0 spiro atoms. The number of aliphatic carboxylic acids is 1. The van der Waals surface area contributed by atoms with E-state index in [0.717, 1.165) is 0 Å². The molecule has 116 valence electrons. The smallest absolute Gasteiger partial charge is 0.335 e. The number of likely N-dealkylation sites (tertiary alicyclic amines) is 1. The summed E-state index contributed by atoms with van der Waals surface area (Å²) >= 11 is 0. The zero-order valence-corrected chi connectivity index (χ0v) is 12.0. The molecule has 6 heteroatoms. The number of benzene rings is 1. The minimum Gasteiger partial charge on any atom is -0.481 e. The van der Waals surface area contributed by atoms with Crippen LogP contribution in [-0.4, -0.2) is 52.3 Å². The lowest BCUT2D eigenvalue weighted by atomic mass is 9.91. The van der Waals surface area contributed by atoms with Crippen LogP contribution in [0.2, 0.25) is 0 Å². The molecule has 2 rings (SSSR count). The van der Waals surface area contributed by atoms with Gasteiger partial charge in [0.2, 0.25) is 0 Å². The fraction of sp³-hybridized carbons (Fsp3) is 0.375. The van der Waals surface area contributed by atoms with Crippen LogP contribution < -0.4 is 4.74 Å². The number of carboxylic acids is 1. The monoisotopic (exact) mass is 303 g/mol. The Hall–Kier alpha value is -2.52. The second-order valence-electron chi connectivity index (χ2n) is 5.15. The van der Waals surface area contributed by atoms with Crippen LogP contribution in [0.4, 0.5) is 0 Å². The van der Waals surface area contributed by atoms with Crippen LogP contribution in [0.3, 0.4) is 0 Å². The summed E-state index contributed by atoms with van der Waals surface area (Å²) in [6.45, 7) is 0.571. The summed E-state index contributed by atoms with van der Waals surface area (Å²) in [4.78, 5) is 24.8. The molecule has 1 fully saturated rings. The Bertz CT molecular complexity index is 594. The van der Waals surface area contributed by atoms with Crippen LogP contribution in [0.15, 0.2) is 24.3 Å². The zero-order valence-electron chi connectivity index (χ0n) is 12.0. The summed E-state index contributed by atoms with van der Waals surface area (Å²) in [5.74, 6) is 1.49. The molecule has 22 heavy (non-hydrogen) atoms. The zero-order chi connectivity index (χ0) is 16.2. The molecule has 0 aliphatic carbocycles. The number of piperidine rings is 1. The van der Waals surface area contributed by atoms with E-state index in [1.807, 2.05) is 0 Å². The predicted octanol–water partition coefficient (Wildman–Crippen LogP) is 0.750. The fourth-order valence-electron chi connectivity index (χ4n) is 2.29. The van der Waals surface area contributed by atoms with Gasteiger partial charge in [0.25, 0.3) is 5.91 Å². The van der Waals surface area contributed by atoms with Crippen LogP contribution in [0.1, 0.15) is 23.2 Å². The number of hydrogen-bond acceptors (Lipinski definition) is 4. The Kier molecular flexibility index (Phi) is 4.68. The maximum Gasteiger partial charge on any atom is 0.335 e. The SMILES string of the molecule is C#CCOc1ccc(C(=O)N2CCC(O)(C(=O)O)CC2)cc1. The number of ether oxygens (including phenoxy) is 1. The van der Waals surface area contributed by atoms with Crippen LogP contribution in [0.25, 0.3) is 0 Å². The van der Waals surface area contributed by atoms with Crippen molar-refractivity contribution in [2.24, 2.45) is 0 Å². The summed E-state index contributed by atoms with van der Waals surface area (Å²) in [5.41, 5.74) is -1.25. The van der Waals surface area contributed by atoms with Crippen molar-refractivity contribution in [3.05, 3.63) is 29.8 Å². The molecule has 0 radical (unpaired) electrons. The van der Waals surface area contributed by atoms with Gasteiger partial charge in [-0.05, 0) is 24.3 Å².